The maximum absolute atomic E-state index is 9.50. The Bertz CT molecular complexity index is 1000. The molecule has 0 aliphatic heterocycles. The lowest BCUT2D eigenvalue weighted by atomic mass is 10.1. The second-order valence-electron chi connectivity index (χ2n) is 6.09. The molecule has 0 radical (unpaired) electrons. The van der Waals surface area contributed by atoms with Crippen molar-refractivity contribution in [3.05, 3.63) is 60.6 Å². The zero-order chi connectivity index (χ0) is 17.9. The summed E-state index contributed by atoms with van der Waals surface area (Å²) < 4.78 is 11.4. The molecule has 3 heterocycles. The fraction of sp³-hybridized carbons (Fsp3) is 0.211. The van der Waals surface area contributed by atoms with Crippen molar-refractivity contribution in [2.75, 3.05) is 12.5 Å². The third-order valence-corrected chi connectivity index (χ3v) is 4.31. The second-order valence-corrected chi connectivity index (χ2v) is 6.09. The fourth-order valence-corrected chi connectivity index (χ4v) is 2.89. The minimum atomic E-state index is 0.500. The summed E-state index contributed by atoms with van der Waals surface area (Å²) in [5.74, 6) is 2.13. The molecule has 0 unspecified atom stereocenters. The molecule has 6 nitrogen and oxygen atoms in total. The van der Waals surface area contributed by atoms with Gasteiger partial charge in [-0.15, -0.1) is 0 Å². The molecule has 1 saturated carbocycles. The molecular weight excluding hydrogens is 331 g/mol. The number of nitrogens with zero attached hydrogens (tertiary/aromatic N) is 4. The van der Waals surface area contributed by atoms with Crippen molar-refractivity contribution in [2.24, 2.45) is 0 Å². The van der Waals surface area contributed by atoms with Crippen molar-refractivity contribution in [3.63, 3.8) is 0 Å². The Balaban J connectivity index is 0.000000814. The maximum atomic E-state index is 9.50. The number of halogens is 1. The number of imidazole rings is 1. The Morgan fingerprint density at radius 2 is 1.96 bits per heavy atom. The van der Waals surface area contributed by atoms with Crippen molar-refractivity contribution in [2.45, 2.75) is 18.8 Å². The van der Waals surface area contributed by atoms with Crippen LogP contribution in [0.3, 0.4) is 0 Å². The number of alkyl halides is 1. The third kappa shape index (κ3) is 3.15. The molecule has 1 aliphatic carbocycles. The second kappa shape index (κ2) is 6.95. The fourth-order valence-electron chi connectivity index (χ4n) is 2.89. The minimum absolute atomic E-state index is 0.500. The summed E-state index contributed by atoms with van der Waals surface area (Å²) in [5.41, 5.74) is 3.99. The van der Waals surface area contributed by atoms with Crippen molar-refractivity contribution in [3.8, 4) is 11.3 Å². The van der Waals surface area contributed by atoms with Gasteiger partial charge < -0.3 is 5.32 Å². The first-order chi connectivity index (χ1) is 12.9. The van der Waals surface area contributed by atoms with Crippen LogP contribution in [0.5, 0.6) is 0 Å². The molecule has 5 rings (SSSR count). The summed E-state index contributed by atoms with van der Waals surface area (Å²) >= 11 is 0. The average Bonchev–Trinajstić information content (AvgIpc) is 3.25. The van der Waals surface area contributed by atoms with Crippen LogP contribution in [-0.2, 0) is 0 Å². The van der Waals surface area contributed by atoms with Crippen LogP contribution in [-0.4, -0.2) is 31.7 Å². The Morgan fingerprint density at radius 1 is 1.15 bits per heavy atom. The van der Waals surface area contributed by atoms with E-state index in [1.54, 1.807) is 6.20 Å². The van der Waals surface area contributed by atoms with Crippen LogP contribution in [0.2, 0.25) is 0 Å². The molecule has 1 fully saturated rings. The highest BCUT2D eigenvalue weighted by Gasteiger charge is 2.25. The molecule has 1 aliphatic rings. The van der Waals surface area contributed by atoms with Crippen molar-refractivity contribution in [1.82, 2.24) is 24.6 Å². The van der Waals surface area contributed by atoms with Crippen molar-refractivity contribution in [1.29, 1.82) is 0 Å². The number of hydrogen-bond donors (Lipinski definition) is 2. The van der Waals surface area contributed by atoms with Gasteiger partial charge in [-0.05, 0) is 12.8 Å². The number of rotatable bonds is 4. The lowest BCUT2D eigenvalue weighted by Crippen LogP contribution is -2.02. The van der Waals surface area contributed by atoms with E-state index in [0.29, 0.717) is 19.0 Å². The number of hydrogen-bond acceptors (Lipinski definition) is 4. The topological polar surface area (TPSA) is 70.9 Å². The lowest BCUT2D eigenvalue weighted by molar-refractivity contribution is 0.636. The first-order valence-corrected chi connectivity index (χ1v) is 8.46. The van der Waals surface area contributed by atoms with E-state index in [1.807, 2.05) is 47.0 Å². The van der Waals surface area contributed by atoms with Crippen molar-refractivity contribution >= 4 is 17.4 Å². The highest BCUT2D eigenvalue weighted by atomic mass is 19.1. The van der Waals surface area contributed by atoms with E-state index < -0.39 is 0 Å². The molecule has 7 heteroatoms. The van der Waals surface area contributed by atoms with Gasteiger partial charge in [-0.3, -0.25) is 13.9 Å². The van der Waals surface area contributed by atoms with E-state index in [4.69, 9.17) is 4.98 Å². The molecule has 0 spiro atoms. The van der Waals surface area contributed by atoms with Crippen LogP contribution in [0.15, 0.2) is 54.9 Å². The summed E-state index contributed by atoms with van der Waals surface area (Å²) in [6, 6.07) is 14.2. The largest absolute Gasteiger partial charge is 0.308 e. The standard InChI is InChI=1S/C18H16N6.CH3F/c1-2-4-12(5-3-1)14-11-17-19-8-9-24(17)18(20-14)21-16-10-15(22-23-16)13-6-7-13;1-2/h1-5,8-11,13H,6-7H2,(H2,20,21,22,23);1H3. The molecule has 0 bridgehead atoms. The van der Waals surface area contributed by atoms with Crippen LogP contribution in [0.1, 0.15) is 24.5 Å². The molecule has 0 atom stereocenters. The predicted molar refractivity (Wildman–Crippen MR) is 99.3 cm³/mol. The molecule has 4 aromatic rings. The summed E-state index contributed by atoms with van der Waals surface area (Å²) in [6.45, 7) is 0. The zero-order valence-corrected chi connectivity index (χ0v) is 14.4. The van der Waals surface area contributed by atoms with Crippen LogP contribution >= 0.6 is 0 Å². The number of aromatic amines is 1. The van der Waals surface area contributed by atoms with Gasteiger partial charge >= 0.3 is 0 Å². The van der Waals surface area contributed by atoms with Crippen LogP contribution in [0, 0.1) is 0 Å². The number of benzene rings is 1. The molecule has 26 heavy (non-hydrogen) atoms. The van der Waals surface area contributed by atoms with Gasteiger partial charge in [0.15, 0.2) is 5.82 Å². The van der Waals surface area contributed by atoms with Gasteiger partial charge in [0.1, 0.15) is 5.65 Å². The monoisotopic (exact) mass is 350 g/mol. The SMILES string of the molecule is CF.c1ccc(-c2cc3nccn3c(Nc3cc(C4CC4)[nH]n3)n2)cc1. The van der Waals surface area contributed by atoms with Gasteiger partial charge in [-0.1, -0.05) is 30.3 Å². The van der Waals surface area contributed by atoms with Crippen LogP contribution < -0.4 is 5.32 Å². The first kappa shape index (κ1) is 16.3. The number of anilines is 2. The highest BCUT2D eigenvalue weighted by molar-refractivity contribution is 5.67. The van der Waals surface area contributed by atoms with E-state index in [-0.39, 0.29) is 0 Å². The van der Waals surface area contributed by atoms with Gasteiger partial charge in [0.05, 0.1) is 12.9 Å². The van der Waals surface area contributed by atoms with Crippen LogP contribution in [0.4, 0.5) is 16.2 Å². The lowest BCUT2D eigenvalue weighted by Gasteiger charge is -2.08. The normalized spacial score (nSPS) is 13.3. The molecular formula is C19H19FN6. The minimum Gasteiger partial charge on any atom is -0.308 e. The average molecular weight is 350 g/mol. The predicted octanol–water partition coefficient (Wildman–Crippen LogP) is 4.33. The summed E-state index contributed by atoms with van der Waals surface area (Å²) in [4.78, 5) is 9.17. The molecule has 2 N–H and O–H groups in total. The molecule has 0 amide bonds. The summed E-state index contributed by atoms with van der Waals surface area (Å²) in [6.07, 6.45) is 6.16. The number of nitrogens with one attached hydrogen (secondary N) is 2. The van der Waals surface area contributed by atoms with E-state index in [1.165, 1.54) is 18.5 Å². The Morgan fingerprint density at radius 3 is 2.73 bits per heavy atom. The Labute approximate surface area is 150 Å². The maximum Gasteiger partial charge on any atom is 0.214 e. The number of aromatic nitrogens is 5. The van der Waals surface area contributed by atoms with E-state index in [2.05, 4.69) is 26.6 Å². The Kier molecular flexibility index (Phi) is 4.35. The van der Waals surface area contributed by atoms with Gasteiger partial charge in [0.2, 0.25) is 5.95 Å². The van der Waals surface area contributed by atoms with Gasteiger partial charge in [0, 0.05) is 41.7 Å². The highest BCUT2D eigenvalue weighted by Crippen LogP contribution is 2.39. The first-order valence-electron chi connectivity index (χ1n) is 8.46. The van der Waals surface area contributed by atoms with E-state index >= 15 is 0 Å². The summed E-state index contributed by atoms with van der Waals surface area (Å²) in [5, 5.41) is 10.8. The van der Waals surface area contributed by atoms with Crippen molar-refractivity contribution < 1.29 is 4.39 Å². The van der Waals surface area contributed by atoms with E-state index in [9.17, 15) is 4.39 Å². The van der Waals surface area contributed by atoms with Gasteiger partial charge in [0.25, 0.3) is 0 Å². The molecule has 1 aromatic carbocycles. The molecule has 3 aromatic heterocycles. The molecule has 132 valence electrons. The van der Waals surface area contributed by atoms with Gasteiger partial charge in [-0.25, -0.2) is 9.97 Å². The summed E-state index contributed by atoms with van der Waals surface area (Å²) in [7, 11) is 0.500. The van der Waals surface area contributed by atoms with Crippen LogP contribution in [0.25, 0.3) is 16.9 Å². The third-order valence-electron chi connectivity index (χ3n) is 4.31. The quantitative estimate of drug-likeness (QED) is 0.575. The number of H-pyrrole nitrogens is 1. The Hall–Kier alpha value is -3.22. The zero-order valence-electron chi connectivity index (χ0n) is 14.4. The van der Waals surface area contributed by atoms with E-state index in [0.717, 1.165) is 22.7 Å². The van der Waals surface area contributed by atoms with Gasteiger partial charge in [-0.2, -0.15) is 5.10 Å². The smallest absolute Gasteiger partial charge is 0.214 e. The molecule has 0 saturated heterocycles. The number of fused-ring (bicyclic) bond motifs is 1.